The van der Waals surface area contributed by atoms with Crippen molar-refractivity contribution in [2.24, 2.45) is 11.7 Å². The van der Waals surface area contributed by atoms with Crippen LogP contribution in [0.15, 0.2) is 24.5 Å². The van der Waals surface area contributed by atoms with Gasteiger partial charge in [0, 0.05) is 5.69 Å². The lowest BCUT2D eigenvalue weighted by atomic mass is 10.0. The van der Waals surface area contributed by atoms with Gasteiger partial charge in [-0.05, 0) is 41.0 Å². The lowest BCUT2D eigenvalue weighted by molar-refractivity contribution is -0.118. The Morgan fingerprint density at radius 3 is 2.75 bits per heavy atom. The van der Waals surface area contributed by atoms with Gasteiger partial charge in [0.1, 0.15) is 6.33 Å². The number of aromatic nitrogens is 4. The van der Waals surface area contributed by atoms with Gasteiger partial charge < -0.3 is 11.1 Å². The second-order valence-electron chi connectivity index (χ2n) is 5.01. The molecule has 0 fully saturated rings. The van der Waals surface area contributed by atoms with E-state index in [2.05, 4.69) is 20.8 Å². The van der Waals surface area contributed by atoms with E-state index < -0.39 is 6.04 Å². The zero-order valence-corrected chi connectivity index (χ0v) is 11.7. The number of hydrogen-bond acceptors (Lipinski definition) is 5. The van der Waals surface area contributed by atoms with E-state index in [-0.39, 0.29) is 11.8 Å². The summed E-state index contributed by atoms with van der Waals surface area (Å²) in [4.78, 5) is 12.0. The molecular weight excluding hydrogens is 256 g/mol. The van der Waals surface area contributed by atoms with Crippen molar-refractivity contribution in [3.05, 3.63) is 30.1 Å². The monoisotopic (exact) mass is 274 g/mol. The van der Waals surface area contributed by atoms with Crippen LogP contribution < -0.4 is 11.1 Å². The molecule has 106 valence electrons. The van der Waals surface area contributed by atoms with Gasteiger partial charge in [-0.3, -0.25) is 4.79 Å². The number of nitrogens with two attached hydrogens (primary N) is 1. The number of hydrogen-bond donors (Lipinski definition) is 2. The second kappa shape index (κ2) is 5.79. The van der Waals surface area contributed by atoms with Gasteiger partial charge in [0.05, 0.1) is 11.7 Å². The molecule has 1 aromatic heterocycles. The molecule has 0 saturated heterocycles. The van der Waals surface area contributed by atoms with Gasteiger partial charge in [0.15, 0.2) is 0 Å². The van der Waals surface area contributed by atoms with Crippen molar-refractivity contribution < 1.29 is 4.79 Å². The average molecular weight is 274 g/mol. The van der Waals surface area contributed by atoms with Crippen LogP contribution in [-0.4, -0.2) is 32.2 Å². The summed E-state index contributed by atoms with van der Waals surface area (Å²) in [6.07, 6.45) is 1.50. The number of rotatable bonds is 4. The number of carbonyl (C=O) groups excluding carboxylic acids is 1. The number of nitrogens with zero attached hydrogens (tertiary/aromatic N) is 4. The van der Waals surface area contributed by atoms with Crippen LogP contribution >= 0.6 is 0 Å². The molecule has 0 unspecified atom stereocenters. The van der Waals surface area contributed by atoms with E-state index in [0.717, 1.165) is 11.3 Å². The molecule has 1 heterocycles. The van der Waals surface area contributed by atoms with E-state index in [9.17, 15) is 4.79 Å². The van der Waals surface area contributed by atoms with Crippen LogP contribution in [0.4, 0.5) is 5.69 Å². The molecule has 3 N–H and O–H groups in total. The fourth-order valence-electron chi connectivity index (χ4n) is 1.69. The second-order valence-corrected chi connectivity index (χ2v) is 5.01. The first-order valence-electron chi connectivity index (χ1n) is 6.39. The van der Waals surface area contributed by atoms with E-state index in [0.29, 0.717) is 5.69 Å². The van der Waals surface area contributed by atoms with Crippen molar-refractivity contribution in [3.63, 3.8) is 0 Å². The lowest BCUT2D eigenvalue weighted by Crippen LogP contribution is -2.39. The molecule has 7 heteroatoms. The first-order valence-corrected chi connectivity index (χ1v) is 6.39. The Morgan fingerprint density at radius 1 is 1.40 bits per heavy atom. The van der Waals surface area contributed by atoms with Gasteiger partial charge in [-0.15, -0.1) is 5.10 Å². The normalized spacial score (nSPS) is 12.4. The molecule has 0 saturated carbocycles. The Morgan fingerprint density at radius 2 is 2.15 bits per heavy atom. The first-order chi connectivity index (χ1) is 9.49. The largest absolute Gasteiger partial charge is 0.324 e. The highest BCUT2D eigenvalue weighted by Gasteiger charge is 2.18. The highest BCUT2D eigenvalue weighted by molar-refractivity contribution is 5.95. The SMILES string of the molecule is Cc1ccc(-n2cnnn2)cc1NC(=O)[C@H](N)C(C)C. The minimum absolute atomic E-state index is 0.0815. The molecule has 7 nitrogen and oxygen atoms in total. The van der Waals surface area contributed by atoms with Gasteiger partial charge in [-0.25, -0.2) is 4.68 Å². The molecule has 0 aliphatic heterocycles. The summed E-state index contributed by atoms with van der Waals surface area (Å²) >= 11 is 0. The molecule has 1 aromatic carbocycles. The van der Waals surface area contributed by atoms with Crippen LogP contribution in [0.5, 0.6) is 0 Å². The van der Waals surface area contributed by atoms with Crippen LogP contribution in [0.1, 0.15) is 19.4 Å². The van der Waals surface area contributed by atoms with Gasteiger partial charge in [-0.2, -0.15) is 0 Å². The fraction of sp³-hybridized carbons (Fsp3) is 0.385. The van der Waals surface area contributed by atoms with Crippen molar-refractivity contribution in [3.8, 4) is 5.69 Å². The predicted molar refractivity (Wildman–Crippen MR) is 75.3 cm³/mol. The van der Waals surface area contributed by atoms with Crippen molar-refractivity contribution >= 4 is 11.6 Å². The lowest BCUT2D eigenvalue weighted by Gasteiger charge is -2.17. The molecule has 0 spiro atoms. The molecule has 0 radical (unpaired) electrons. The Hall–Kier alpha value is -2.28. The summed E-state index contributed by atoms with van der Waals surface area (Å²) in [5.74, 6) is -0.116. The van der Waals surface area contributed by atoms with E-state index in [4.69, 9.17) is 5.73 Å². The van der Waals surface area contributed by atoms with Gasteiger partial charge in [0.2, 0.25) is 5.91 Å². The highest BCUT2D eigenvalue weighted by atomic mass is 16.2. The molecule has 0 aliphatic carbocycles. The summed E-state index contributed by atoms with van der Waals surface area (Å²) in [6, 6.07) is 5.06. The fourth-order valence-corrected chi connectivity index (χ4v) is 1.69. The van der Waals surface area contributed by atoms with Crippen LogP contribution in [0.3, 0.4) is 0 Å². The number of amides is 1. The number of aryl methyl sites for hydroxylation is 1. The minimum atomic E-state index is -0.536. The van der Waals surface area contributed by atoms with Crippen LogP contribution in [0.2, 0.25) is 0 Å². The third-order valence-corrected chi connectivity index (χ3v) is 3.11. The standard InChI is InChI=1S/C13H18N6O/c1-8(2)12(14)13(20)16-11-6-10(5-4-9(11)3)19-7-15-17-18-19/h4-8,12H,14H2,1-3H3,(H,16,20)/t12-/m1/s1. The quantitative estimate of drug-likeness (QED) is 0.862. The molecule has 20 heavy (non-hydrogen) atoms. The number of nitrogens with one attached hydrogen (secondary N) is 1. The molecule has 2 aromatic rings. The van der Waals surface area contributed by atoms with Crippen molar-refractivity contribution in [2.45, 2.75) is 26.8 Å². The Balaban J connectivity index is 2.24. The molecule has 1 atom stereocenters. The van der Waals surface area contributed by atoms with E-state index in [1.807, 2.05) is 39.0 Å². The molecule has 0 bridgehead atoms. The van der Waals surface area contributed by atoms with Crippen molar-refractivity contribution in [1.29, 1.82) is 0 Å². The molecule has 1 amide bonds. The van der Waals surface area contributed by atoms with E-state index in [1.165, 1.54) is 11.0 Å². The summed E-state index contributed by atoms with van der Waals surface area (Å²) in [6.45, 7) is 5.74. The third-order valence-electron chi connectivity index (χ3n) is 3.11. The van der Waals surface area contributed by atoms with Crippen LogP contribution in [0.25, 0.3) is 5.69 Å². The zero-order chi connectivity index (χ0) is 14.7. The number of anilines is 1. The summed E-state index contributed by atoms with van der Waals surface area (Å²) < 4.78 is 1.53. The minimum Gasteiger partial charge on any atom is -0.324 e. The summed E-state index contributed by atoms with van der Waals surface area (Å²) in [7, 11) is 0. The van der Waals surface area contributed by atoms with Crippen LogP contribution in [0, 0.1) is 12.8 Å². The summed E-state index contributed by atoms with van der Waals surface area (Å²) in [5.41, 5.74) is 8.27. The van der Waals surface area contributed by atoms with E-state index >= 15 is 0 Å². The van der Waals surface area contributed by atoms with Gasteiger partial charge in [0.25, 0.3) is 0 Å². The maximum absolute atomic E-state index is 12.0. The third kappa shape index (κ3) is 3.00. The zero-order valence-electron chi connectivity index (χ0n) is 11.7. The maximum Gasteiger partial charge on any atom is 0.241 e. The van der Waals surface area contributed by atoms with Crippen LogP contribution in [-0.2, 0) is 4.79 Å². The summed E-state index contributed by atoms with van der Waals surface area (Å²) in [5, 5.41) is 13.8. The highest BCUT2D eigenvalue weighted by Crippen LogP contribution is 2.19. The molecule has 2 rings (SSSR count). The van der Waals surface area contributed by atoms with Gasteiger partial charge in [-0.1, -0.05) is 19.9 Å². The topological polar surface area (TPSA) is 98.7 Å². The first kappa shape index (κ1) is 14.1. The smallest absolute Gasteiger partial charge is 0.241 e. The Labute approximate surface area is 117 Å². The van der Waals surface area contributed by atoms with Crippen molar-refractivity contribution in [2.75, 3.05) is 5.32 Å². The van der Waals surface area contributed by atoms with Crippen molar-refractivity contribution in [1.82, 2.24) is 20.2 Å². The number of tetrazole rings is 1. The van der Waals surface area contributed by atoms with E-state index in [1.54, 1.807) is 0 Å². The Kier molecular flexibility index (Phi) is 4.09. The average Bonchev–Trinajstić information content (AvgIpc) is 2.94. The maximum atomic E-state index is 12.0. The number of carbonyl (C=O) groups is 1. The molecular formula is C13H18N6O. The van der Waals surface area contributed by atoms with Gasteiger partial charge >= 0.3 is 0 Å². The predicted octanol–water partition coefficient (Wildman–Crippen LogP) is 0.893. The Bertz CT molecular complexity index is 593. The molecule has 0 aliphatic rings. The number of benzene rings is 1.